The number of rotatable bonds is 3. The number of para-hydroxylation sites is 1. The number of hydrogen-bond donors (Lipinski definition) is 2. The Kier molecular flexibility index (Phi) is 6.39. The summed E-state index contributed by atoms with van der Waals surface area (Å²) in [5.41, 5.74) is 0.653. The highest BCUT2D eigenvalue weighted by molar-refractivity contribution is 7.80. The van der Waals surface area contributed by atoms with E-state index in [4.69, 9.17) is 35.4 Å². The van der Waals surface area contributed by atoms with Gasteiger partial charge in [-0.05, 0) is 31.3 Å². The Bertz CT molecular complexity index is 440. The molecule has 0 fully saturated rings. The summed E-state index contributed by atoms with van der Waals surface area (Å²) < 4.78 is 0. The van der Waals surface area contributed by atoms with E-state index in [1.54, 1.807) is 18.2 Å². The van der Waals surface area contributed by atoms with E-state index in [1.807, 2.05) is 13.8 Å². The molecular weight excluding hydrogens is 289 g/mol. The fourth-order valence-corrected chi connectivity index (χ4v) is 2.02. The first-order valence-corrected chi connectivity index (χ1v) is 6.81. The fourth-order valence-electron chi connectivity index (χ4n) is 1.27. The number of nitrogens with zero attached hydrogens (tertiary/aromatic N) is 1. The molecule has 0 aromatic heterocycles. The molecule has 0 aliphatic heterocycles. The third-order valence-electron chi connectivity index (χ3n) is 2.13. The van der Waals surface area contributed by atoms with Gasteiger partial charge in [-0.25, -0.2) is 4.99 Å². The van der Waals surface area contributed by atoms with Crippen molar-refractivity contribution < 1.29 is 0 Å². The van der Waals surface area contributed by atoms with Crippen LogP contribution in [0.25, 0.3) is 0 Å². The maximum absolute atomic E-state index is 6.08. The topological polar surface area (TPSA) is 36.4 Å². The van der Waals surface area contributed by atoms with Gasteiger partial charge in [0.05, 0.1) is 15.7 Å². The number of aliphatic imine (C=N–C) groups is 1. The van der Waals surface area contributed by atoms with Crippen molar-refractivity contribution in [2.45, 2.75) is 20.3 Å². The molecular formula is C12H15Cl2N3S. The molecule has 0 spiro atoms. The molecule has 0 heterocycles. The molecule has 3 nitrogen and oxygen atoms in total. The number of thiocarbonyl (C=S) groups is 1. The average Bonchev–Trinajstić information content (AvgIpc) is 2.33. The minimum absolute atomic E-state index is 0.449. The Balaban J connectivity index is 2.89. The summed E-state index contributed by atoms with van der Waals surface area (Å²) >= 11 is 17.2. The second-order valence-corrected chi connectivity index (χ2v) is 4.67. The second kappa shape index (κ2) is 7.56. The summed E-state index contributed by atoms with van der Waals surface area (Å²) in [6, 6.07) is 5.33. The fraction of sp³-hybridized carbons (Fsp3) is 0.333. The number of hydrogen-bond acceptors (Lipinski definition) is 1. The lowest BCUT2D eigenvalue weighted by atomic mass is 10.3. The zero-order valence-electron chi connectivity index (χ0n) is 10.3. The van der Waals surface area contributed by atoms with Crippen molar-refractivity contribution in [2.75, 3.05) is 11.9 Å². The second-order valence-electron chi connectivity index (χ2n) is 3.47. The van der Waals surface area contributed by atoms with Gasteiger partial charge in [0.2, 0.25) is 0 Å². The van der Waals surface area contributed by atoms with Crippen molar-refractivity contribution in [2.24, 2.45) is 4.99 Å². The highest BCUT2D eigenvalue weighted by Crippen LogP contribution is 2.29. The van der Waals surface area contributed by atoms with Crippen LogP contribution in [0.2, 0.25) is 10.0 Å². The Morgan fingerprint density at radius 2 is 1.89 bits per heavy atom. The molecule has 0 saturated heterocycles. The Morgan fingerprint density at radius 1 is 1.28 bits per heavy atom. The van der Waals surface area contributed by atoms with E-state index >= 15 is 0 Å². The van der Waals surface area contributed by atoms with Gasteiger partial charge in [-0.1, -0.05) is 36.2 Å². The molecule has 0 radical (unpaired) electrons. The maximum atomic E-state index is 6.08. The maximum Gasteiger partial charge on any atom is 0.194 e. The zero-order chi connectivity index (χ0) is 13.5. The Morgan fingerprint density at radius 3 is 2.39 bits per heavy atom. The lowest BCUT2D eigenvalue weighted by molar-refractivity contribution is 0.971. The van der Waals surface area contributed by atoms with Crippen LogP contribution in [0.1, 0.15) is 20.3 Å². The molecule has 6 heteroatoms. The van der Waals surface area contributed by atoms with Crippen molar-refractivity contribution in [3.63, 3.8) is 0 Å². The monoisotopic (exact) mass is 303 g/mol. The minimum atomic E-state index is 0.449. The first-order valence-electron chi connectivity index (χ1n) is 5.64. The summed E-state index contributed by atoms with van der Waals surface area (Å²) in [5.74, 6) is 0.718. The number of amidine groups is 1. The van der Waals surface area contributed by atoms with Crippen molar-refractivity contribution in [1.82, 2.24) is 5.32 Å². The van der Waals surface area contributed by atoms with Crippen molar-refractivity contribution in [3.8, 4) is 0 Å². The summed E-state index contributed by atoms with van der Waals surface area (Å²) in [6.07, 6.45) is 0.701. The number of halogens is 2. The van der Waals surface area contributed by atoms with Crippen LogP contribution in [-0.2, 0) is 0 Å². The van der Waals surface area contributed by atoms with E-state index in [1.165, 1.54) is 0 Å². The van der Waals surface area contributed by atoms with Crippen LogP contribution in [0.5, 0.6) is 0 Å². The average molecular weight is 304 g/mol. The predicted octanol–water partition coefficient (Wildman–Crippen LogP) is 4.11. The Labute approximate surface area is 123 Å². The van der Waals surface area contributed by atoms with E-state index < -0.39 is 0 Å². The summed E-state index contributed by atoms with van der Waals surface area (Å²) in [7, 11) is 0. The number of anilines is 1. The summed E-state index contributed by atoms with van der Waals surface area (Å²) in [4.78, 5) is 4.27. The SMILES string of the molecule is CCNC(=S)/N=C(\CC)Nc1c(Cl)cccc1Cl. The molecule has 1 aromatic rings. The molecule has 98 valence electrons. The lowest BCUT2D eigenvalue weighted by Gasteiger charge is -2.12. The molecule has 0 bridgehead atoms. The molecule has 0 atom stereocenters. The highest BCUT2D eigenvalue weighted by atomic mass is 35.5. The van der Waals surface area contributed by atoms with Gasteiger partial charge in [0.15, 0.2) is 5.11 Å². The van der Waals surface area contributed by atoms with Gasteiger partial charge in [0.1, 0.15) is 5.84 Å². The van der Waals surface area contributed by atoms with E-state index in [9.17, 15) is 0 Å². The van der Waals surface area contributed by atoms with Crippen LogP contribution in [0.15, 0.2) is 23.2 Å². The molecule has 18 heavy (non-hydrogen) atoms. The van der Waals surface area contributed by atoms with Gasteiger partial charge in [-0.2, -0.15) is 0 Å². The van der Waals surface area contributed by atoms with Gasteiger partial charge < -0.3 is 10.6 Å². The highest BCUT2D eigenvalue weighted by Gasteiger charge is 2.07. The molecule has 0 aliphatic rings. The number of benzene rings is 1. The largest absolute Gasteiger partial charge is 0.361 e. The van der Waals surface area contributed by atoms with Crippen molar-refractivity contribution >= 4 is 52.1 Å². The summed E-state index contributed by atoms with van der Waals surface area (Å²) in [6.45, 7) is 4.68. The van der Waals surface area contributed by atoms with Crippen molar-refractivity contribution in [1.29, 1.82) is 0 Å². The lowest BCUT2D eigenvalue weighted by Crippen LogP contribution is -2.22. The van der Waals surface area contributed by atoms with Gasteiger partial charge in [0, 0.05) is 13.0 Å². The van der Waals surface area contributed by atoms with Gasteiger partial charge in [0.25, 0.3) is 0 Å². The molecule has 1 rings (SSSR count). The number of nitrogens with one attached hydrogen (secondary N) is 2. The first-order chi connectivity index (χ1) is 8.58. The quantitative estimate of drug-likeness (QED) is 0.501. The van der Waals surface area contributed by atoms with Crippen LogP contribution < -0.4 is 10.6 Å². The predicted molar refractivity (Wildman–Crippen MR) is 84.1 cm³/mol. The van der Waals surface area contributed by atoms with E-state index in [-0.39, 0.29) is 0 Å². The Hall–Kier alpha value is -0.840. The molecule has 0 amide bonds. The third-order valence-corrected chi connectivity index (χ3v) is 3.00. The van der Waals surface area contributed by atoms with Crippen molar-refractivity contribution in [3.05, 3.63) is 28.2 Å². The first kappa shape index (κ1) is 15.2. The smallest absolute Gasteiger partial charge is 0.194 e. The standard InChI is InChI=1S/C12H15Cl2N3S/c1-3-10(17-12(18)15-4-2)16-11-8(13)6-5-7-9(11)14/h5-7H,3-4H2,1-2H3,(H2,15,16,17,18). The summed E-state index contributed by atoms with van der Waals surface area (Å²) in [5, 5.41) is 7.63. The molecule has 0 unspecified atom stereocenters. The van der Waals surface area contributed by atoms with Gasteiger partial charge >= 0.3 is 0 Å². The van der Waals surface area contributed by atoms with Crippen LogP contribution in [0, 0.1) is 0 Å². The van der Waals surface area contributed by atoms with Crippen LogP contribution in [0.3, 0.4) is 0 Å². The third kappa shape index (κ3) is 4.44. The van der Waals surface area contributed by atoms with E-state index in [2.05, 4.69) is 15.6 Å². The van der Waals surface area contributed by atoms with Gasteiger partial charge in [-0.15, -0.1) is 0 Å². The van der Waals surface area contributed by atoms with Crippen LogP contribution in [-0.4, -0.2) is 17.5 Å². The zero-order valence-corrected chi connectivity index (χ0v) is 12.6. The molecule has 2 N–H and O–H groups in total. The van der Waals surface area contributed by atoms with Crippen LogP contribution in [0.4, 0.5) is 5.69 Å². The van der Waals surface area contributed by atoms with Crippen LogP contribution >= 0.6 is 35.4 Å². The molecule has 0 aliphatic carbocycles. The molecule has 1 aromatic carbocycles. The van der Waals surface area contributed by atoms with E-state index in [0.717, 1.165) is 12.4 Å². The molecule has 0 saturated carbocycles. The van der Waals surface area contributed by atoms with E-state index in [0.29, 0.717) is 27.3 Å². The van der Waals surface area contributed by atoms with Gasteiger partial charge in [-0.3, -0.25) is 0 Å². The minimum Gasteiger partial charge on any atom is -0.361 e. The normalized spacial score (nSPS) is 11.2.